The number of rotatable bonds is 5. The van der Waals surface area contributed by atoms with Crippen LogP contribution >= 0.6 is 15.9 Å². The highest BCUT2D eigenvalue weighted by Gasteiger charge is 2.15. The van der Waals surface area contributed by atoms with Crippen molar-refractivity contribution in [2.75, 3.05) is 11.3 Å². The summed E-state index contributed by atoms with van der Waals surface area (Å²) in [5.74, 6) is 0. The van der Waals surface area contributed by atoms with E-state index in [0.717, 1.165) is 11.1 Å². The second-order valence-corrected chi connectivity index (χ2v) is 7.24. The van der Waals surface area contributed by atoms with E-state index in [0.29, 0.717) is 16.6 Å². The highest BCUT2D eigenvalue weighted by Crippen LogP contribution is 2.26. The molecule has 0 bridgehead atoms. The van der Waals surface area contributed by atoms with E-state index in [1.54, 1.807) is 18.2 Å². The van der Waals surface area contributed by atoms with Gasteiger partial charge in [-0.15, -0.1) is 0 Å². The minimum atomic E-state index is -3.62. The number of aliphatic hydroxyl groups is 1. The molecule has 2 N–H and O–H groups in total. The lowest BCUT2D eigenvalue weighted by molar-refractivity contribution is 0.299. The van der Waals surface area contributed by atoms with Gasteiger partial charge in [0.2, 0.25) is 0 Å². The van der Waals surface area contributed by atoms with Crippen molar-refractivity contribution in [3.05, 3.63) is 58.1 Å². The van der Waals surface area contributed by atoms with E-state index in [9.17, 15) is 8.42 Å². The average Bonchev–Trinajstić information content (AvgIpc) is 2.43. The van der Waals surface area contributed by atoms with E-state index in [1.807, 2.05) is 19.1 Å². The highest BCUT2D eigenvalue weighted by molar-refractivity contribution is 9.10. The first-order chi connectivity index (χ1) is 9.92. The summed E-state index contributed by atoms with van der Waals surface area (Å²) in [5.41, 5.74) is 2.44. The molecule has 0 aliphatic carbocycles. The minimum Gasteiger partial charge on any atom is -0.396 e. The van der Waals surface area contributed by atoms with E-state index in [-0.39, 0.29) is 11.5 Å². The fourth-order valence-electron chi connectivity index (χ4n) is 1.87. The first-order valence-electron chi connectivity index (χ1n) is 6.41. The molecule has 2 aromatic carbocycles. The Balaban J connectivity index is 2.25. The molecule has 0 aliphatic rings. The third-order valence-corrected chi connectivity index (χ3v) is 5.04. The second-order valence-electron chi connectivity index (χ2n) is 4.71. The molecule has 0 heterocycles. The molecule has 0 saturated heterocycles. The van der Waals surface area contributed by atoms with E-state index in [4.69, 9.17) is 5.11 Å². The Morgan fingerprint density at radius 2 is 1.81 bits per heavy atom. The van der Waals surface area contributed by atoms with Crippen LogP contribution in [-0.2, 0) is 16.4 Å². The lowest BCUT2D eigenvalue weighted by Crippen LogP contribution is -2.13. The van der Waals surface area contributed by atoms with Crippen LogP contribution in [0.2, 0.25) is 0 Å². The largest absolute Gasteiger partial charge is 0.396 e. The topological polar surface area (TPSA) is 66.4 Å². The van der Waals surface area contributed by atoms with Gasteiger partial charge in [0.1, 0.15) is 0 Å². The molecule has 2 rings (SSSR count). The number of sulfonamides is 1. The van der Waals surface area contributed by atoms with E-state index < -0.39 is 10.0 Å². The Morgan fingerprint density at radius 3 is 2.38 bits per heavy atom. The maximum atomic E-state index is 12.3. The quantitative estimate of drug-likeness (QED) is 0.850. The molecule has 0 saturated carbocycles. The van der Waals surface area contributed by atoms with Crippen LogP contribution in [0.4, 0.5) is 5.69 Å². The minimum absolute atomic E-state index is 0.0423. The van der Waals surface area contributed by atoms with Crippen molar-refractivity contribution in [1.29, 1.82) is 0 Å². The van der Waals surface area contributed by atoms with Gasteiger partial charge < -0.3 is 5.11 Å². The summed E-state index contributed by atoms with van der Waals surface area (Å²) in [6.45, 7) is 1.98. The summed E-state index contributed by atoms with van der Waals surface area (Å²) < 4.78 is 27.9. The first-order valence-corrected chi connectivity index (χ1v) is 8.69. The average molecular weight is 370 g/mol. The number of aryl methyl sites for hydroxylation is 1. The lowest BCUT2D eigenvalue weighted by atomic mass is 10.2. The van der Waals surface area contributed by atoms with Crippen LogP contribution in [0, 0.1) is 6.92 Å². The van der Waals surface area contributed by atoms with Crippen LogP contribution in [0.5, 0.6) is 0 Å². The first kappa shape index (κ1) is 16.0. The van der Waals surface area contributed by atoms with Crippen molar-refractivity contribution in [2.24, 2.45) is 0 Å². The molecule has 2 aromatic rings. The standard InChI is InChI=1S/C15H16BrNO3S/c1-11-2-7-15(14(16)10-11)17-21(19,20)13-5-3-12(4-6-13)8-9-18/h2-7,10,17-18H,8-9H2,1H3. The molecular formula is C15H16BrNO3S. The molecule has 0 amide bonds. The normalized spacial score (nSPS) is 11.4. The van der Waals surface area contributed by atoms with Crippen LogP contribution in [0.1, 0.15) is 11.1 Å². The van der Waals surface area contributed by atoms with Gasteiger partial charge in [-0.2, -0.15) is 0 Å². The summed E-state index contributed by atoms with van der Waals surface area (Å²) >= 11 is 3.35. The van der Waals surface area contributed by atoms with Crippen LogP contribution in [0.25, 0.3) is 0 Å². The zero-order valence-corrected chi connectivity index (χ0v) is 13.9. The summed E-state index contributed by atoms with van der Waals surface area (Å²) in [7, 11) is -3.62. The number of halogens is 1. The monoisotopic (exact) mass is 369 g/mol. The Kier molecular flexibility index (Phi) is 5.03. The van der Waals surface area contributed by atoms with Gasteiger partial charge in [-0.1, -0.05) is 18.2 Å². The number of nitrogens with one attached hydrogen (secondary N) is 1. The summed E-state index contributed by atoms with van der Waals surface area (Å²) in [5, 5.41) is 8.86. The summed E-state index contributed by atoms with van der Waals surface area (Å²) in [4.78, 5) is 0.191. The van der Waals surface area contributed by atoms with E-state index in [1.165, 1.54) is 12.1 Å². The number of benzene rings is 2. The van der Waals surface area contributed by atoms with Gasteiger partial charge in [0.25, 0.3) is 10.0 Å². The van der Waals surface area contributed by atoms with Crippen molar-refractivity contribution in [3.8, 4) is 0 Å². The highest BCUT2D eigenvalue weighted by atomic mass is 79.9. The van der Waals surface area contributed by atoms with Gasteiger partial charge in [0.05, 0.1) is 10.6 Å². The van der Waals surface area contributed by atoms with Gasteiger partial charge in [-0.25, -0.2) is 8.42 Å². The molecule has 0 spiro atoms. The summed E-state index contributed by atoms with van der Waals surface area (Å²) in [6, 6.07) is 11.9. The van der Waals surface area contributed by atoms with Gasteiger partial charge in [0.15, 0.2) is 0 Å². The SMILES string of the molecule is Cc1ccc(NS(=O)(=O)c2ccc(CCO)cc2)c(Br)c1. The number of hydrogen-bond acceptors (Lipinski definition) is 3. The summed E-state index contributed by atoms with van der Waals surface area (Å²) in [6.07, 6.45) is 0.511. The van der Waals surface area contributed by atoms with Gasteiger partial charge in [-0.3, -0.25) is 4.72 Å². The Hall–Kier alpha value is -1.37. The molecule has 4 nitrogen and oxygen atoms in total. The molecule has 21 heavy (non-hydrogen) atoms. The van der Waals surface area contributed by atoms with E-state index >= 15 is 0 Å². The molecule has 112 valence electrons. The van der Waals surface area contributed by atoms with Gasteiger partial charge >= 0.3 is 0 Å². The van der Waals surface area contributed by atoms with Crippen LogP contribution < -0.4 is 4.72 Å². The number of anilines is 1. The Labute approximate surface area is 133 Å². The van der Waals surface area contributed by atoms with Crippen LogP contribution in [-0.4, -0.2) is 20.1 Å². The van der Waals surface area contributed by atoms with Crippen molar-refractivity contribution in [3.63, 3.8) is 0 Å². The molecule has 6 heteroatoms. The smallest absolute Gasteiger partial charge is 0.261 e. The second kappa shape index (κ2) is 6.60. The molecule has 0 radical (unpaired) electrons. The maximum absolute atomic E-state index is 12.3. The fraction of sp³-hybridized carbons (Fsp3) is 0.200. The molecule has 0 unspecified atom stereocenters. The van der Waals surface area contributed by atoms with Crippen LogP contribution in [0.15, 0.2) is 51.8 Å². The van der Waals surface area contributed by atoms with Crippen molar-refractivity contribution < 1.29 is 13.5 Å². The van der Waals surface area contributed by atoms with Crippen molar-refractivity contribution >= 4 is 31.6 Å². The molecule has 0 atom stereocenters. The molecular weight excluding hydrogens is 354 g/mol. The lowest BCUT2D eigenvalue weighted by Gasteiger charge is -2.10. The van der Waals surface area contributed by atoms with E-state index in [2.05, 4.69) is 20.7 Å². The zero-order chi connectivity index (χ0) is 15.5. The number of aliphatic hydroxyl groups excluding tert-OH is 1. The Morgan fingerprint density at radius 1 is 1.14 bits per heavy atom. The molecule has 0 fully saturated rings. The third-order valence-electron chi connectivity index (χ3n) is 3.00. The molecule has 0 aliphatic heterocycles. The predicted molar refractivity (Wildman–Crippen MR) is 86.9 cm³/mol. The van der Waals surface area contributed by atoms with Gasteiger partial charge in [0, 0.05) is 11.1 Å². The number of hydrogen-bond donors (Lipinski definition) is 2. The predicted octanol–water partition coefficient (Wildman–Crippen LogP) is 3.09. The Bertz CT molecular complexity index is 727. The fourth-order valence-corrected chi connectivity index (χ4v) is 3.67. The van der Waals surface area contributed by atoms with Crippen molar-refractivity contribution in [2.45, 2.75) is 18.2 Å². The van der Waals surface area contributed by atoms with Gasteiger partial charge in [-0.05, 0) is 64.7 Å². The third kappa shape index (κ3) is 4.06. The maximum Gasteiger partial charge on any atom is 0.261 e. The zero-order valence-electron chi connectivity index (χ0n) is 11.5. The van der Waals surface area contributed by atoms with Crippen LogP contribution in [0.3, 0.4) is 0 Å². The molecule has 0 aromatic heterocycles. The van der Waals surface area contributed by atoms with Crippen molar-refractivity contribution in [1.82, 2.24) is 0 Å².